The van der Waals surface area contributed by atoms with Gasteiger partial charge in [0.05, 0.1) is 0 Å². The summed E-state index contributed by atoms with van der Waals surface area (Å²) in [6.07, 6.45) is 21.8. The van der Waals surface area contributed by atoms with Gasteiger partial charge in [0.15, 0.2) is 0 Å². The first-order valence-electron chi connectivity index (χ1n) is 15.0. The molecule has 9 heteroatoms. The molecule has 0 aromatic heterocycles. The zero-order valence-corrected chi connectivity index (χ0v) is 25.7. The second kappa shape index (κ2) is 33.6. The predicted octanol–water partition coefficient (Wildman–Crippen LogP) is 7.40. The van der Waals surface area contributed by atoms with E-state index in [1.54, 1.807) is 0 Å². The number of carbonyl (C=O) groups is 3. The quantitative estimate of drug-likeness (QED) is 0.0437. The van der Waals surface area contributed by atoms with Crippen LogP contribution in [0.25, 0.3) is 0 Å². The van der Waals surface area contributed by atoms with Crippen LogP contribution in [0.3, 0.4) is 0 Å². The van der Waals surface area contributed by atoms with Crippen LogP contribution in [-0.4, -0.2) is 43.0 Å². The topological polar surface area (TPSA) is 125 Å². The second-order valence-electron chi connectivity index (χ2n) is 9.40. The number of carbonyl (C=O) groups excluding carboxylic acids is 3. The first kappa shape index (κ1) is 41.0. The highest BCUT2D eigenvalue weighted by atomic mass is 17.0. The molecule has 0 aromatic carbocycles. The number of unbranched alkanes of at least 4 members (excludes halogenated alkanes) is 6. The Hall–Kier alpha value is -2.45. The van der Waals surface area contributed by atoms with Crippen LogP contribution in [0.15, 0.2) is 12.2 Å². The number of hydrogen-bond donors (Lipinski definition) is 1. The van der Waals surface area contributed by atoms with Gasteiger partial charge in [0.2, 0.25) is 6.41 Å². The summed E-state index contributed by atoms with van der Waals surface area (Å²) in [4.78, 5) is 45.5. The Labute approximate surface area is 238 Å². The van der Waals surface area contributed by atoms with Crippen molar-refractivity contribution in [2.45, 2.75) is 131 Å². The minimum atomic E-state index is -0.989. The van der Waals surface area contributed by atoms with Gasteiger partial charge in [-0.2, -0.15) is 0 Å². The van der Waals surface area contributed by atoms with E-state index in [9.17, 15) is 24.5 Å². The molecule has 0 aliphatic heterocycles. The highest BCUT2D eigenvalue weighted by molar-refractivity contribution is 5.78. The highest BCUT2D eigenvalue weighted by Gasteiger charge is 2.23. The number of rotatable bonds is 19. The molecule has 0 radical (unpaired) electrons. The van der Waals surface area contributed by atoms with Gasteiger partial charge < -0.3 is 14.9 Å². The summed E-state index contributed by atoms with van der Waals surface area (Å²) in [5.41, 5.74) is 0. The van der Waals surface area contributed by atoms with E-state index < -0.39 is 11.1 Å². The van der Waals surface area contributed by atoms with Gasteiger partial charge >= 0.3 is 5.97 Å². The van der Waals surface area contributed by atoms with E-state index in [1.807, 2.05) is 13.8 Å². The molecule has 2 unspecified atom stereocenters. The van der Waals surface area contributed by atoms with Crippen molar-refractivity contribution in [2.75, 3.05) is 19.8 Å². The fourth-order valence-electron chi connectivity index (χ4n) is 3.98. The van der Waals surface area contributed by atoms with Crippen LogP contribution in [0.1, 0.15) is 131 Å². The third-order valence-electron chi connectivity index (χ3n) is 6.23. The van der Waals surface area contributed by atoms with Gasteiger partial charge in [-0.1, -0.05) is 105 Å². The summed E-state index contributed by atoms with van der Waals surface area (Å²) in [7, 11) is 0. The van der Waals surface area contributed by atoms with Crippen molar-refractivity contribution in [3.8, 4) is 0 Å². The highest BCUT2D eigenvalue weighted by Crippen LogP contribution is 2.34. The Kier molecular flexibility index (Phi) is 35.3. The number of Topliss-reactive ketones (excluding diaryl/α,β-unsaturated/α-hetero) is 1. The fourth-order valence-corrected chi connectivity index (χ4v) is 3.98. The van der Waals surface area contributed by atoms with Crippen molar-refractivity contribution in [1.29, 1.82) is 0 Å². The second-order valence-corrected chi connectivity index (χ2v) is 9.40. The lowest BCUT2D eigenvalue weighted by molar-refractivity contribution is -0.757. The SMILES string of the molecule is C/C=C\CCCC.CC.CCCCCCCC(=O)CCC1CCCC1C.O=CNCC(=O)OCCO[N+](=O)[O-]. The van der Waals surface area contributed by atoms with Crippen LogP contribution in [0, 0.1) is 22.0 Å². The average Bonchev–Trinajstić information content (AvgIpc) is 3.35. The van der Waals surface area contributed by atoms with E-state index in [0.717, 1.165) is 37.5 Å². The molecule has 1 N–H and O–H groups in total. The lowest BCUT2D eigenvalue weighted by Gasteiger charge is -2.14. The summed E-state index contributed by atoms with van der Waals surface area (Å²) in [5, 5.41) is 10.7. The van der Waals surface area contributed by atoms with Gasteiger partial charge in [0.25, 0.3) is 5.09 Å². The van der Waals surface area contributed by atoms with E-state index >= 15 is 0 Å². The van der Waals surface area contributed by atoms with Crippen LogP contribution < -0.4 is 5.32 Å². The summed E-state index contributed by atoms with van der Waals surface area (Å²) < 4.78 is 4.40. The van der Waals surface area contributed by atoms with Crippen molar-refractivity contribution in [1.82, 2.24) is 5.32 Å². The molecule has 1 amide bonds. The largest absolute Gasteiger partial charge is 0.462 e. The summed E-state index contributed by atoms with van der Waals surface area (Å²) in [6.45, 7) is 12.1. The van der Waals surface area contributed by atoms with Crippen LogP contribution in [0.4, 0.5) is 0 Å². The van der Waals surface area contributed by atoms with Crippen LogP contribution in [-0.2, 0) is 24.0 Å². The maximum absolute atomic E-state index is 11.7. The Bertz CT molecular complexity index is 612. The number of amides is 1. The summed E-state index contributed by atoms with van der Waals surface area (Å²) >= 11 is 0. The maximum atomic E-state index is 11.7. The van der Waals surface area contributed by atoms with Gasteiger partial charge in [-0.3, -0.25) is 14.4 Å². The lowest BCUT2D eigenvalue weighted by Crippen LogP contribution is -2.24. The molecule has 0 saturated heterocycles. The monoisotopic (exact) mass is 558 g/mol. The van der Waals surface area contributed by atoms with E-state index in [-0.39, 0.29) is 19.8 Å². The number of nitrogens with zero attached hydrogens (tertiary/aromatic N) is 1. The van der Waals surface area contributed by atoms with Crippen molar-refractivity contribution in [2.24, 2.45) is 11.8 Å². The number of nitrogens with one attached hydrogen (secondary N) is 1. The Morgan fingerprint density at radius 3 is 2.21 bits per heavy atom. The molecule has 0 aromatic rings. The number of esters is 1. The first-order valence-corrected chi connectivity index (χ1v) is 15.0. The average molecular weight is 559 g/mol. The van der Waals surface area contributed by atoms with Gasteiger partial charge in [-0.25, -0.2) is 0 Å². The van der Waals surface area contributed by atoms with Crippen molar-refractivity contribution in [3.05, 3.63) is 22.3 Å². The van der Waals surface area contributed by atoms with Crippen molar-refractivity contribution >= 4 is 18.2 Å². The molecule has 2 atom stereocenters. The molecular weight excluding hydrogens is 500 g/mol. The molecule has 9 nitrogen and oxygen atoms in total. The van der Waals surface area contributed by atoms with Gasteiger partial charge in [-0.05, 0) is 38.0 Å². The summed E-state index contributed by atoms with van der Waals surface area (Å²) in [6, 6.07) is 0. The first-order chi connectivity index (χ1) is 18.8. The molecule has 1 aliphatic rings. The van der Waals surface area contributed by atoms with E-state index in [1.165, 1.54) is 64.2 Å². The van der Waals surface area contributed by atoms with Crippen LogP contribution in [0.5, 0.6) is 0 Å². The zero-order valence-electron chi connectivity index (χ0n) is 25.7. The molecule has 0 heterocycles. The van der Waals surface area contributed by atoms with Gasteiger partial charge in [-0.15, -0.1) is 10.1 Å². The summed E-state index contributed by atoms with van der Waals surface area (Å²) in [5.74, 6) is 1.55. The third-order valence-corrected chi connectivity index (χ3v) is 6.23. The third kappa shape index (κ3) is 33.5. The van der Waals surface area contributed by atoms with E-state index in [4.69, 9.17) is 0 Å². The molecule has 1 saturated carbocycles. The Morgan fingerprint density at radius 1 is 1.00 bits per heavy atom. The predicted molar refractivity (Wildman–Crippen MR) is 158 cm³/mol. The minimum absolute atomic E-state index is 0.222. The fraction of sp³-hybridized carbons (Fsp3) is 0.833. The van der Waals surface area contributed by atoms with Crippen LogP contribution >= 0.6 is 0 Å². The molecular formula is C30H58N2O7. The smallest absolute Gasteiger partial charge is 0.325 e. The molecule has 1 rings (SSSR count). The number of ketones is 1. The Balaban J connectivity index is -0.000000522. The zero-order chi connectivity index (χ0) is 30.2. The van der Waals surface area contributed by atoms with Gasteiger partial charge in [0.1, 0.15) is 25.5 Å². The van der Waals surface area contributed by atoms with E-state index in [2.05, 4.69) is 54.7 Å². The standard InChI is InChI=1S/C16H30O.C7H14.C5H8N2O6.C2H6/c1-3-4-5-6-7-11-16(17)13-12-15-10-8-9-14(15)2;1-3-5-7-6-4-2;8-4-6-3-5(9)12-1-2-13-7(10)11;1-2/h14-15H,3-13H2,1-2H3;3,5H,4,6-7H2,1-2H3;4H,1-3H2,(H,6,8);1-2H3/b;5-3-;;. The molecule has 0 spiro atoms. The Morgan fingerprint density at radius 2 is 1.67 bits per heavy atom. The number of hydrogen-bond acceptors (Lipinski definition) is 7. The molecule has 39 heavy (non-hydrogen) atoms. The number of ether oxygens (including phenoxy) is 1. The molecule has 230 valence electrons. The molecule has 0 bridgehead atoms. The minimum Gasteiger partial charge on any atom is -0.462 e. The maximum Gasteiger partial charge on any atom is 0.325 e. The molecule has 1 fully saturated rings. The number of allylic oxidation sites excluding steroid dienone is 2. The van der Waals surface area contributed by atoms with Crippen LogP contribution in [0.2, 0.25) is 0 Å². The van der Waals surface area contributed by atoms with Crippen molar-refractivity contribution < 1.29 is 29.0 Å². The normalized spacial score (nSPS) is 15.4. The lowest BCUT2D eigenvalue weighted by atomic mass is 9.91. The van der Waals surface area contributed by atoms with Crippen molar-refractivity contribution in [3.63, 3.8) is 0 Å². The van der Waals surface area contributed by atoms with E-state index in [0.29, 0.717) is 12.2 Å². The molecule has 1 aliphatic carbocycles. The van der Waals surface area contributed by atoms with Gasteiger partial charge in [0, 0.05) is 12.8 Å².